The van der Waals surface area contributed by atoms with E-state index in [2.05, 4.69) is 0 Å². The summed E-state index contributed by atoms with van der Waals surface area (Å²) in [6.07, 6.45) is 1.71. The van der Waals surface area contributed by atoms with Gasteiger partial charge < -0.3 is 14.7 Å². The monoisotopic (exact) mass is 219 g/mol. The average Bonchev–Trinajstić information content (AvgIpc) is 3.02. The zero-order chi connectivity index (χ0) is 11.1. The highest BCUT2D eigenvalue weighted by Gasteiger charge is 2.41. The second kappa shape index (κ2) is 3.40. The minimum Gasteiger partial charge on any atom is -0.508 e. The van der Waals surface area contributed by atoms with Crippen molar-refractivity contribution in [1.82, 2.24) is 4.90 Å². The maximum absolute atomic E-state index is 11.6. The number of hydrogen-bond acceptors (Lipinski definition) is 3. The minimum atomic E-state index is -0.236. The average molecular weight is 219 g/mol. The van der Waals surface area contributed by atoms with Crippen LogP contribution in [-0.4, -0.2) is 28.7 Å². The number of rotatable bonds is 2. The van der Waals surface area contributed by atoms with Gasteiger partial charge in [-0.15, -0.1) is 0 Å². The Labute approximate surface area is 93.4 Å². The minimum absolute atomic E-state index is 0.207. The van der Waals surface area contributed by atoms with E-state index in [1.54, 1.807) is 23.1 Å². The molecule has 2 fully saturated rings. The molecule has 1 aliphatic carbocycles. The molecule has 1 atom stereocenters. The summed E-state index contributed by atoms with van der Waals surface area (Å²) < 4.78 is 5.29. The van der Waals surface area contributed by atoms with Gasteiger partial charge in [0.05, 0.1) is 6.54 Å². The van der Waals surface area contributed by atoms with Gasteiger partial charge in [-0.25, -0.2) is 4.79 Å². The van der Waals surface area contributed by atoms with Crippen LogP contribution in [0.4, 0.5) is 4.79 Å². The van der Waals surface area contributed by atoms with E-state index in [9.17, 15) is 9.90 Å². The molecule has 0 radical (unpaired) electrons. The molecular weight excluding hydrogens is 206 g/mol. The molecule has 1 saturated carbocycles. The molecule has 0 spiro atoms. The number of aromatic hydroxyl groups is 1. The standard InChI is InChI=1S/C12H13NO3/c14-10-3-1-2-8(6-10)11-7-13(9-4-5-9)12(15)16-11/h1-3,6,9,11,14H,4-5,7H2. The molecule has 2 aliphatic rings. The van der Waals surface area contributed by atoms with E-state index >= 15 is 0 Å². The van der Waals surface area contributed by atoms with E-state index in [-0.39, 0.29) is 17.9 Å². The van der Waals surface area contributed by atoms with Crippen LogP contribution >= 0.6 is 0 Å². The van der Waals surface area contributed by atoms with Gasteiger partial charge in [-0.3, -0.25) is 0 Å². The highest BCUT2D eigenvalue weighted by Crippen LogP contribution is 2.35. The van der Waals surface area contributed by atoms with E-state index in [4.69, 9.17) is 4.74 Å². The number of ether oxygens (including phenoxy) is 1. The van der Waals surface area contributed by atoms with Gasteiger partial charge >= 0.3 is 6.09 Å². The zero-order valence-corrected chi connectivity index (χ0v) is 8.80. The number of carbonyl (C=O) groups is 1. The van der Waals surface area contributed by atoms with Crippen molar-refractivity contribution in [2.45, 2.75) is 25.0 Å². The van der Waals surface area contributed by atoms with E-state index in [1.807, 2.05) is 6.07 Å². The number of phenolic OH excluding ortho intramolecular Hbond substituents is 1. The van der Waals surface area contributed by atoms with E-state index in [1.165, 1.54) is 0 Å². The van der Waals surface area contributed by atoms with Crippen molar-refractivity contribution in [3.05, 3.63) is 29.8 Å². The first kappa shape index (κ1) is 9.51. The van der Waals surface area contributed by atoms with Crippen LogP contribution in [0.3, 0.4) is 0 Å². The Morgan fingerprint density at radius 1 is 1.38 bits per heavy atom. The number of benzene rings is 1. The van der Waals surface area contributed by atoms with Crippen molar-refractivity contribution in [2.75, 3.05) is 6.54 Å². The second-order valence-electron chi connectivity index (χ2n) is 4.35. The lowest BCUT2D eigenvalue weighted by molar-refractivity contribution is 0.132. The lowest BCUT2D eigenvalue weighted by atomic mass is 10.1. The number of nitrogens with zero attached hydrogens (tertiary/aromatic N) is 1. The number of cyclic esters (lactones) is 1. The quantitative estimate of drug-likeness (QED) is 0.828. The van der Waals surface area contributed by atoms with Gasteiger partial charge in [0, 0.05) is 6.04 Å². The summed E-state index contributed by atoms with van der Waals surface area (Å²) in [6, 6.07) is 7.27. The summed E-state index contributed by atoms with van der Waals surface area (Å²) in [5, 5.41) is 9.37. The normalized spacial score (nSPS) is 24.6. The lowest BCUT2D eigenvalue weighted by Gasteiger charge is -2.10. The first-order chi connectivity index (χ1) is 7.74. The highest BCUT2D eigenvalue weighted by molar-refractivity contribution is 5.71. The molecule has 1 heterocycles. The topological polar surface area (TPSA) is 49.8 Å². The van der Waals surface area contributed by atoms with Crippen LogP contribution in [0.15, 0.2) is 24.3 Å². The van der Waals surface area contributed by atoms with Crippen molar-refractivity contribution < 1.29 is 14.6 Å². The van der Waals surface area contributed by atoms with Crippen molar-refractivity contribution in [3.8, 4) is 5.75 Å². The zero-order valence-electron chi connectivity index (χ0n) is 8.80. The van der Waals surface area contributed by atoms with Crippen LogP contribution < -0.4 is 0 Å². The molecule has 0 bridgehead atoms. The highest BCUT2D eigenvalue weighted by atomic mass is 16.6. The van der Waals surface area contributed by atoms with Crippen LogP contribution in [0.5, 0.6) is 5.75 Å². The molecule has 1 aliphatic heterocycles. The Kier molecular flexibility index (Phi) is 2.02. The molecule has 4 heteroatoms. The van der Waals surface area contributed by atoms with E-state index in [0.29, 0.717) is 12.6 Å². The second-order valence-corrected chi connectivity index (χ2v) is 4.35. The molecule has 1 amide bonds. The summed E-state index contributed by atoms with van der Waals surface area (Å²) in [5.74, 6) is 0.207. The van der Waals surface area contributed by atoms with Crippen molar-refractivity contribution in [1.29, 1.82) is 0 Å². The van der Waals surface area contributed by atoms with Gasteiger partial charge in [0.2, 0.25) is 0 Å². The van der Waals surface area contributed by atoms with Crippen molar-refractivity contribution >= 4 is 6.09 Å². The molecule has 1 unspecified atom stereocenters. The van der Waals surface area contributed by atoms with Gasteiger partial charge in [0.25, 0.3) is 0 Å². The smallest absolute Gasteiger partial charge is 0.410 e. The fourth-order valence-electron chi connectivity index (χ4n) is 2.06. The predicted octanol–water partition coefficient (Wildman–Crippen LogP) is 2.05. The predicted molar refractivity (Wildman–Crippen MR) is 57.1 cm³/mol. The fraction of sp³-hybridized carbons (Fsp3) is 0.417. The third kappa shape index (κ3) is 1.60. The van der Waals surface area contributed by atoms with Crippen molar-refractivity contribution in [3.63, 3.8) is 0 Å². The molecule has 0 aromatic heterocycles. The van der Waals surface area contributed by atoms with Crippen LogP contribution in [0.1, 0.15) is 24.5 Å². The van der Waals surface area contributed by atoms with Gasteiger partial charge in [0.15, 0.2) is 0 Å². The Morgan fingerprint density at radius 3 is 2.88 bits per heavy atom. The van der Waals surface area contributed by atoms with Crippen LogP contribution in [0, 0.1) is 0 Å². The van der Waals surface area contributed by atoms with Crippen LogP contribution in [-0.2, 0) is 4.74 Å². The number of hydrogen-bond donors (Lipinski definition) is 1. The number of amides is 1. The maximum Gasteiger partial charge on any atom is 0.410 e. The van der Waals surface area contributed by atoms with Gasteiger partial charge in [-0.05, 0) is 30.5 Å². The number of phenols is 1. The molecule has 16 heavy (non-hydrogen) atoms. The van der Waals surface area contributed by atoms with Gasteiger partial charge in [0.1, 0.15) is 11.9 Å². The largest absolute Gasteiger partial charge is 0.508 e. The fourth-order valence-corrected chi connectivity index (χ4v) is 2.06. The molecule has 84 valence electrons. The van der Waals surface area contributed by atoms with E-state index < -0.39 is 0 Å². The molecule has 4 nitrogen and oxygen atoms in total. The SMILES string of the molecule is O=C1OC(c2cccc(O)c2)CN1C1CC1. The third-order valence-corrected chi connectivity index (χ3v) is 3.07. The van der Waals surface area contributed by atoms with Crippen LogP contribution in [0.25, 0.3) is 0 Å². The molecule has 1 aromatic carbocycles. The van der Waals surface area contributed by atoms with Gasteiger partial charge in [-0.1, -0.05) is 12.1 Å². The Hall–Kier alpha value is -1.71. The molecule has 1 aromatic rings. The van der Waals surface area contributed by atoms with E-state index in [0.717, 1.165) is 18.4 Å². The lowest BCUT2D eigenvalue weighted by Crippen LogP contribution is -2.26. The molecule has 1 N–H and O–H groups in total. The summed E-state index contributed by atoms with van der Waals surface area (Å²) in [6.45, 7) is 0.604. The maximum atomic E-state index is 11.6. The Morgan fingerprint density at radius 2 is 2.19 bits per heavy atom. The third-order valence-electron chi connectivity index (χ3n) is 3.07. The first-order valence-corrected chi connectivity index (χ1v) is 5.50. The first-order valence-electron chi connectivity index (χ1n) is 5.50. The number of carbonyl (C=O) groups excluding carboxylic acids is 1. The molecule has 1 saturated heterocycles. The summed E-state index contributed by atoms with van der Waals surface area (Å²) in [7, 11) is 0. The van der Waals surface area contributed by atoms with Crippen LogP contribution in [0.2, 0.25) is 0 Å². The summed E-state index contributed by atoms with van der Waals surface area (Å²) >= 11 is 0. The summed E-state index contributed by atoms with van der Waals surface area (Å²) in [5.41, 5.74) is 0.858. The Balaban J connectivity index is 1.79. The molecule has 3 rings (SSSR count). The Bertz CT molecular complexity index is 428. The van der Waals surface area contributed by atoms with Crippen molar-refractivity contribution in [2.24, 2.45) is 0 Å². The van der Waals surface area contributed by atoms with Gasteiger partial charge in [-0.2, -0.15) is 0 Å². The summed E-state index contributed by atoms with van der Waals surface area (Å²) in [4.78, 5) is 13.4. The molecular formula is C12H13NO3.